The van der Waals surface area contributed by atoms with Gasteiger partial charge in [-0.25, -0.2) is 4.79 Å². The lowest BCUT2D eigenvalue weighted by atomic mass is 10.4. The van der Waals surface area contributed by atoms with Gasteiger partial charge in [-0.1, -0.05) is 0 Å². The van der Waals surface area contributed by atoms with Crippen LogP contribution in [0.15, 0.2) is 0 Å². The number of ketones is 1. The largest absolute Gasteiger partial charge is 0.410 e. The summed E-state index contributed by atoms with van der Waals surface area (Å²) in [5.74, 6) is -3.43. The molecule has 0 fully saturated rings. The van der Waals surface area contributed by atoms with E-state index in [2.05, 4.69) is 4.74 Å². The number of rotatable bonds is 7. The maximum atomic E-state index is 11.0. The third-order valence-electron chi connectivity index (χ3n) is 1.48. The van der Waals surface area contributed by atoms with Crippen molar-refractivity contribution < 1.29 is 33.0 Å². The van der Waals surface area contributed by atoms with Gasteiger partial charge in [0.15, 0.2) is 5.91 Å². The predicted molar refractivity (Wildman–Crippen MR) is 54.1 cm³/mol. The van der Waals surface area contributed by atoms with Crippen LogP contribution in [0.5, 0.6) is 0 Å². The van der Waals surface area contributed by atoms with Crippen molar-refractivity contribution in [1.82, 2.24) is 0 Å². The zero-order chi connectivity index (χ0) is 12.6. The Balaban J connectivity index is 3.80. The van der Waals surface area contributed by atoms with Crippen LogP contribution in [0.1, 0.15) is 6.92 Å². The smallest absolute Gasteiger partial charge is 0.384 e. The van der Waals surface area contributed by atoms with Gasteiger partial charge in [-0.2, -0.15) is 0 Å². The fraction of sp³-hybridized carbons (Fsp3) is 0.625. The van der Waals surface area contributed by atoms with Crippen molar-refractivity contribution in [3.05, 3.63) is 0 Å². The van der Waals surface area contributed by atoms with Crippen LogP contribution in [0.4, 0.5) is 0 Å². The lowest BCUT2D eigenvalue weighted by Gasteiger charge is -2.11. The number of ether oxygens (including phenoxy) is 3. The van der Waals surface area contributed by atoms with Crippen LogP contribution in [0, 0.1) is 0 Å². The number of esters is 2. The van der Waals surface area contributed by atoms with Crippen LogP contribution in [0.3, 0.4) is 0 Å². The Morgan fingerprint density at radius 3 is 2.19 bits per heavy atom. The van der Waals surface area contributed by atoms with E-state index in [1.165, 1.54) is 14.2 Å². The molecule has 0 unspecified atom stereocenters. The van der Waals surface area contributed by atoms with Gasteiger partial charge in [0.1, 0.15) is 6.61 Å². The van der Waals surface area contributed by atoms with E-state index in [0.717, 1.165) is 6.92 Å². The Hall–Kier alpha value is -1.09. The molecule has 0 aliphatic rings. The molecule has 0 spiro atoms. The molecule has 0 aromatic carbocycles. The van der Waals surface area contributed by atoms with E-state index in [1.54, 1.807) is 0 Å². The summed E-state index contributed by atoms with van der Waals surface area (Å²) in [4.78, 5) is 32.2. The zero-order valence-corrected chi connectivity index (χ0v) is 10.8. The minimum absolute atomic E-state index is 0.429. The summed E-state index contributed by atoms with van der Waals surface area (Å²) >= 11 is 0. The average molecular weight is 250 g/mol. The molecule has 92 valence electrons. The molecule has 0 bridgehead atoms. The molecule has 0 aromatic rings. The molecular formula is C8H14O7Si. The fourth-order valence-electron chi connectivity index (χ4n) is 0.727. The average Bonchev–Trinajstić information content (AvgIpc) is 2.23. The number of Topliss-reactive ketones (excluding diaryl/α,β-unsaturated/α-hetero) is 1. The maximum absolute atomic E-state index is 11.0. The van der Waals surface area contributed by atoms with Crippen LogP contribution in [0.25, 0.3) is 0 Å². The van der Waals surface area contributed by atoms with Crippen LogP contribution in [0.2, 0.25) is 0 Å². The summed E-state index contributed by atoms with van der Waals surface area (Å²) < 4.78 is 18.7. The highest BCUT2D eigenvalue weighted by Gasteiger charge is 2.18. The van der Waals surface area contributed by atoms with Gasteiger partial charge in [0, 0.05) is 21.1 Å². The van der Waals surface area contributed by atoms with Gasteiger partial charge in [-0.15, -0.1) is 0 Å². The highest BCUT2D eigenvalue weighted by Crippen LogP contribution is 1.90. The molecule has 0 rings (SSSR count). The molecule has 7 nitrogen and oxygen atoms in total. The molecule has 0 amide bonds. The molecular weight excluding hydrogens is 236 g/mol. The van der Waals surface area contributed by atoms with Crippen molar-refractivity contribution >= 4 is 27.5 Å². The van der Waals surface area contributed by atoms with Gasteiger partial charge in [0.05, 0.1) is 0 Å². The van der Waals surface area contributed by atoms with Crippen molar-refractivity contribution in [1.29, 1.82) is 0 Å². The van der Waals surface area contributed by atoms with Gasteiger partial charge < -0.3 is 18.6 Å². The predicted octanol–water partition coefficient (Wildman–Crippen LogP) is -1.68. The van der Waals surface area contributed by atoms with E-state index < -0.39 is 40.0 Å². The molecule has 0 aromatic heterocycles. The zero-order valence-electron chi connectivity index (χ0n) is 9.35. The summed E-state index contributed by atoms with van der Waals surface area (Å²) in [6, 6.07) is 0. The summed E-state index contributed by atoms with van der Waals surface area (Å²) in [5, 5.41) is 0. The molecule has 0 heterocycles. The Morgan fingerprint density at radius 1 is 1.19 bits per heavy atom. The minimum atomic E-state index is -1.23. The number of carbonyl (C=O) groups is 3. The topological polar surface area (TPSA) is 88.1 Å². The molecule has 0 atom stereocenters. The molecule has 0 saturated carbocycles. The summed E-state index contributed by atoms with van der Waals surface area (Å²) in [5.41, 5.74) is 0. The standard InChI is InChI=1S/C8H14O7Si/c1-5(9)15-7(11)6(10)4-14-16-8(12-2)13-3/h8H,4,16H2,1-3H3. The third-order valence-corrected chi connectivity index (χ3v) is 2.86. The van der Waals surface area contributed by atoms with E-state index in [9.17, 15) is 14.4 Å². The van der Waals surface area contributed by atoms with Crippen molar-refractivity contribution in [2.45, 2.75) is 12.8 Å². The molecule has 0 radical (unpaired) electrons. The Bertz CT molecular complexity index is 261. The van der Waals surface area contributed by atoms with E-state index in [4.69, 9.17) is 13.9 Å². The molecule has 0 saturated heterocycles. The first kappa shape index (κ1) is 14.9. The SMILES string of the molecule is COC(OC)[SiH2]OCC(=O)C(=O)OC(C)=O. The van der Waals surface area contributed by atoms with Crippen LogP contribution < -0.4 is 0 Å². The van der Waals surface area contributed by atoms with Gasteiger partial charge in [0.25, 0.3) is 5.78 Å². The van der Waals surface area contributed by atoms with Crippen LogP contribution in [-0.4, -0.2) is 54.2 Å². The van der Waals surface area contributed by atoms with Crippen LogP contribution >= 0.6 is 0 Å². The van der Waals surface area contributed by atoms with Gasteiger partial charge in [-0.3, -0.25) is 9.59 Å². The number of carbonyl (C=O) groups excluding carboxylic acids is 3. The van der Waals surface area contributed by atoms with Gasteiger partial charge in [0.2, 0.25) is 9.76 Å². The van der Waals surface area contributed by atoms with E-state index in [0.29, 0.717) is 0 Å². The first-order chi connectivity index (χ1) is 7.51. The molecule has 0 aliphatic heterocycles. The monoisotopic (exact) mass is 250 g/mol. The first-order valence-electron chi connectivity index (χ1n) is 4.40. The minimum Gasteiger partial charge on any atom is -0.410 e. The fourth-order valence-corrected chi connectivity index (χ4v) is 1.49. The summed E-state index contributed by atoms with van der Waals surface area (Å²) in [6.07, 6.45) is 0. The Labute approximate surface area is 94.9 Å². The quantitative estimate of drug-likeness (QED) is 0.175. The van der Waals surface area contributed by atoms with Gasteiger partial charge >= 0.3 is 11.9 Å². The molecule has 16 heavy (non-hydrogen) atoms. The molecule has 0 N–H and O–H groups in total. The van der Waals surface area contributed by atoms with Crippen molar-refractivity contribution in [3.63, 3.8) is 0 Å². The lowest BCUT2D eigenvalue weighted by molar-refractivity contribution is -0.163. The lowest BCUT2D eigenvalue weighted by Crippen LogP contribution is -2.29. The summed E-state index contributed by atoms with van der Waals surface area (Å²) in [7, 11) is 1.65. The second kappa shape index (κ2) is 8.10. The first-order valence-corrected chi connectivity index (χ1v) is 5.79. The molecule has 0 aliphatic carbocycles. The van der Waals surface area contributed by atoms with Crippen molar-refractivity contribution in [2.75, 3.05) is 20.8 Å². The number of hydrogen-bond acceptors (Lipinski definition) is 7. The van der Waals surface area contributed by atoms with E-state index >= 15 is 0 Å². The normalized spacial score (nSPS) is 11.0. The Morgan fingerprint density at radius 2 is 1.75 bits per heavy atom. The third kappa shape index (κ3) is 6.40. The Kier molecular flexibility index (Phi) is 7.55. The second-order valence-corrected chi connectivity index (χ2v) is 4.13. The highest BCUT2D eigenvalue weighted by molar-refractivity contribution is 6.37. The maximum Gasteiger partial charge on any atom is 0.384 e. The van der Waals surface area contributed by atoms with Crippen molar-refractivity contribution in [2.24, 2.45) is 0 Å². The summed E-state index contributed by atoms with van der Waals surface area (Å²) in [6.45, 7) is 0.605. The van der Waals surface area contributed by atoms with Crippen LogP contribution in [-0.2, 0) is 33.0 Å². The number of methoxy groups -OCH3 is 2. The van der Waals surface area contributed by atoms with E-state index in [-0.39, 0.29) is 0 Å². The van der Waals surface area contributed by atoms with E-state index in [1.807, 2.05) is 0 Å². The number of hydrogen-bond donors (Lipinski definition) is 0. The highest BCUT2D eigenvalue weighted by atomic mass is 28.2. The second-order valence-electron chi connectivity index (χ2n) is 2.72. The molecule has 8 heteroatoms. The van der Waals surface area contributed by atoms with Crippen molar-refractivity contribution in [3.8, 4) is 0 Å². The van der Waals surface area contributed by atoms with Gasteiger partial charge in [-0.05, 0) is 0 Å².